The van der Waals surface area contributed by atoms with Gasteiger partial charge in [0, 0.05) is 22.4 Å². The van der Waals surface area contributed by atoms with Crippen LogP contribution < -0.4 is 10.9 Å². The Kier molecular flexibility index (Phi) is 6.84. The Hall–Kier alpha value is -1.90. The van der Waals surface area contributed by atoms with Crippen molar-refractivity contribution in [3.05, 3.63) is 50.7 Å². The van der Waals surface area contributed by atoms with Crippen molar-refractivity contribution < 1.29 is 4.79 Å². The summed E-state index contributed by atoms with van der Waals surface area (Å²) in [5.74, 6) is 1.53. The summed E-state index contributed by atoms with van der Waals surface area (Å²) in [4.78, 5) is 33.9. The molecule has 5 nitrogen and oxygen atoms in total. The minimum Gasteiger partial charge on any atom is -0.355 e. The molecule has 0 saturated carbocycles. The van der Waals surface area contributed by atoms with Gasteiger partial charge >= 0.3 is 0 Å². The SMILES string of the molecule is O=C(CSCc1nc2scc(-c3cccs3)c2c(=O)[nH]1)NCCC1=CCCCC1. The maximum Gasteiger partial charge on any atom is 0.260 e. The molecule has 3 heterocycles. The second kappa shape index (κ2) is 9.73. The van der Waals surface area contributed by atoms with Gasteiger partial charge in [-0.05, 0) is 43.6 Å². The molecule has 1 amide bonds. The summed E-state index contributed by atoms with van der Waals surface area (Å²) < 4.78 is 0. The van der Waals surface area contributed by atoms with E-state index in [4.69, 9.17) is 0 Å². The Morgan fingerprint density at radius 2 is 2.24 bits per heavy atom. The number of thioether (sulfide) groups is 1. The minimum absolute atomic E-state index is 0.0333. The van der Waals surface area contributed by atoms with E-state index in [0.29, 0.717) is 29.3 Å². The van der Waals surface area contributed by atoms with Crippen LogP contribution in [-0.2, 0) is 10.5 Å². The van der Waals surface area contributed by atoms with Gasteiger partial charge in [-0.25, -0.2) is 4.98 Å². The van der Waals surface area contributed by atoms with E-state index in [-0.39, 0.29) is 11.5 Å². The highest BCUT2D eigenvalue weighted by molar-refractivity contribution is 7.99. The third-order valence-corrected chi connectivity index (χ3v) is 7.62. The van der Waals surface area contributed by atoms with Gasteiger partial charge in [0.25, 0.3) is 5.56 Å². The Labute approximate surface area is 181 Å². The van der Waals surface area contributed by atoms with E-state index >= 15 is 0 Å². The minimum atomic E-state index is -0.111. The molecule has 1 aliphatic rings. The fourth-order valence-corrected chi connectivity index (χ4v) is 5.96. The molecule has 0 radical (unpaired) electrons. The number of hydrogen-bond acceptors (Lipinski definition) is 6. The average Bonchev–Trinajstić information content (AvgIpc) is 3.38. The van der Waals surface area contributed by atoms with Crippen LogP contribution in [0.2, 0.25) is 0 Å². The molecular weight excluding hydrogens is 422 g/mol. The van der Waals surface area contributed by atoms with Gasteiger partial charge in [-0.1, -0.05) is 17.7 Å². The van der Waals surface area contributed by atoms with Crippen LogP contribution in [0.25, 0.3) is 20.7 Å². The predicted molar refractivity (Wildman–Crippen MR) is 124 cm³/mol. The number of aromatic nitrogens is 2. The summed E-state index contributed by atoms with van der Waals surface area (Å²) >= 11 is 4.57. The molecule has 0 atom stereocenters. The molecule has 4 rings (SSSR count). The summed E-state index contributed by atoms with van der Waals surface area (Å²) in [6.45, 7) is 0.701. The van der Waals surface area contributed by atoms with E-state index in [1.807, 2.05) is 22.9 Å². The van der Waals surface area contributed by atoms with Crippen LogP contribution in [0.15, 0.2) is 39.3 Å². The van der Waals surface area contributed by atoms with Crippen molar-refractivity contribution in [2.45, 2.75) is 37.9 Å². The first-order valence-corrected chi connectivity index (χ1v) is 12.7. The molecular formula is C21H23N3O2S3. The third kappa shape index (κ3) is 5.18. The quantitative estimate of drug-likeness (QED) is 0.481. The van der Waals surface area contributed by atoms with Crippen LogP contribution in [0.1, 0.15) is 37.9 Å². The third-order valence-electron chi connectivity index (χ3n) is 4.90. The molecule has 0 aromatic carbocycles. The summed E-state index contributed by atoms with van der Waals surface area (Å²) in [5, 5.41) is 7.63. The van der Waals surface area contributed by atoms with Crippen LogP contribution in [0.4, 0.5) is 0 Å². The molecule has 3 aromatic rings. The first kappa shape index (κ1) is 20.4. The topological polar surface area (TPSA) is 74.8 Å². The smallest absolute Gasteiger partial charge is 0.260 e. The van der Waals surface area contributed by atoms with Crippen LogP contribution in [0.3, 0.4) is 0 Å². The van der Waals surface area contributed by atoms with E-state index in [2.05, 4.69) is 21.4 Å². The number of nitrogens with one attached hydrogen (secondary N) is 2. The van der Waals surface area contributed by atoms with Gasteiger partial charge in [0.1, 0.15) is 10.7 Å². The number of H-pyrrole nitrogens is 1. The van der Waals surface area contributed by atoms with Crippen LogP contribution in [0, 0.1) is 0 Å². The lowest BCUT2D eigenvalue weighted by Gasteiger charge is -2.12. The van der Waals surface area contributed by atoms with E-state index in [1.54, 1.807) is 11.3 Å². The lowest BCUT2D eigenvalue weighted by atomic mass is 9.97. The second-order valence-corrected chi connectivity index (χ2v) is 9.81. The monoisotopic (exact) mass is 445 g/mol. The van der Waals surface area contributed by atoms with Crippen LogP contribution in [-0.4, -0.2) is 28.2 Å². The van der Waals surface area contributed by atoms with E-state index in [1.165, 1.54) is 54.4 Å². The van der Waals surface area contributed by atoms with Gasteiger partial charge in [0.15, 0.2) is 0 Å². The number of carbonyl (C=O) groups excluding carboxylic acids is 1. The second-order valence-electron chi connectivity index (χ2n) is 7.02. The van der Waals surface area contributed by atoms with Gasteiger partial charge in [0.2, 0.25) is 5.91 Å². The fourth-order valence-electron chi connectivity index (χ4n) is 3.46. The predicted octanol–water partition coefficient (Wildman–Crippen LogP) is 4.95. The molecule has 152 valence electrons. The van der Waals surface area contributed by atoms with Crippen LogP contribution in [0.5, 0.6) is 0 Å². The molecule has 2 N–H and O–H groups in total. The number of allylic oxidation sites excluding steroid dienone is 1. The molecule has 0 bridgehead atoms. The molecule has 0 aliphatic heterocycles. The maximum atomic E-state index is 12.6. The molecule has 8 heteroatoms. The zero-order chi connectivity index (χ0) is 20.1. The molecule has 0 spiro atoms. The molecule has 29 heavy (non-hydrogen) atoms. The Bertz CT molecular complexity index is 1070. The highest BCUT2D eigenvalue weighted by Gasteiger charge is 2.14. The van der Waals surface area contributed by atoms with E-state index < -0.39 is 0 Å². The number of rotatable bonds is 8. The number of fused-ring (bicyclic) bond motifs is 1. The van der Waals surface area contributed by atoms with Gasteiger partial charge in [-0.15, -0.1) is 34.4 Å². The van der Waals surface area contributed by atoms with Crippen molar-refractivity contribution in [2.75, 3.05) is 12.3 Å². The molecule has 0 unspecified atom stereocenters. The lowest BCUT2D eigenvalue weighted by Crippen LogP contribution is -2.26. The Morgan fingerprint density at radius 1 is 1.31 bits per heavy atom. The zero-order valence-corrected chi connectivity index (χ0v) is 18.5. The lowest BCUT2D eigenvalue weighted by molar-refractivity contribution is -0.118. The van der Waals surface area contributed by atoms with Crippen molar-refractivity contribution in [3.63, 3.8) is 0 Å². The Balaban J connectivity index is 1.29. The van der Waals surface area contributed by atoms with E-state index in [0.717, 1.165) is 21.7 Å². The average molecular weight is 446 g/mol. The normalized spacial score (nSPS) is 14.1. The van der Waals surface area contributed by atoms with Gasteiger partial charge in [0.05, 0.1) is 16.9 Å². The largest absolute Gasteiger partial charge is 0.355 e. The Morgan fingerprint density at radius 3 is 3.03 bits per heavy atom. The summed E-state index contributed by atoms with van der Waals surface area (Å²) in [5.41, 5.74) is 2.30. The van der Waals surface area contributed by atoms with Crippen molar-refractivity contribution in [2.24, 2.45) is 0 Å². The number of aromatic amines is 1. The summed E-state index contributed by atoms with van der Waals surface area (Å²) in [6.07, 6.45) is 8.17. The summed E-state index contributed by atoms with van der Waals surface area (Å²) in [6, 6.07) is 3.99. The van der Waals surface area contributed by atoms with Gasteiger partial charge < -0.3 is 10.3 Å². The molecule has 0 saturated heterocycles. The molecule has 3 aromatic heterocycles. The number of carbonyl (C=O) groups is 1. The standard InChI is InChI=1S/C21H23N3O2S3/c25-18(22-9-8-14-5-2-1-3-6-14)13-27-12-17-23-20(26)19-15(11-29-21(19)24-17)16-7-4-10-28-16/h4-5,7,10-11H,1-3,6,8-9,12-13H2,(H,22,25)(H,23,24,26). The number of thiophene rings is 2. The molecule has 1 aliphatic carbocycles. The summed E-state index contributed by atoms with van der Waals surface area (Å²) in [7, 11) is 0. The van der Waals surface area contributed by atoms with Crippen molar-refractivity contribution >= 4 is 50.6 Å². The van der Waals surface area contributed by atoms with Crippen molar-refractivity contribution in [1.29, 1.82) is 0 Å². The van der Waals surface area contributed by atoms with E-state index in [9.17, 15) is 9.59 Å². The van der Waals surface area contributed by atoms with Gasteiger partial charge in [-0.2, -0.15) is 0 Å². The van der Waals surface area contributed by atoms with Crippen molar-refractivity contribution in [1.82, 2.24) is 15.3 Å². The highest BCUT2D eigenvalue weighted by Crippen LogP contribution is 2.33. The van der Waals surface area contributed by atoms with Crippen molar-refractivity contribution in [3.8, 4) is 10.4 Å². The first-order chi connectivity index (χ1) is 14.2. The van der Waals surface area contributed by atoms with Crippen LogP contribution >= 0.6 is 34.4 Å². The van der Waals surface area contributed by atoms with Gasteiger partial charge in [-0.3, -0.25) is 9.59 Å². The maximum absolute atomic E-state index is 12.6. The number of nitrogens with zero attached hydrogens (tertiary/aromatic N) is 1. The number of amides is 1. The zero-order valence-electron chi connectivity index (χ0n) is 16.0. The number of hydrogen-bond donors (Lipinski definition) is 2. The fraction of sp³-hybridized carbons (Fsp3) is 0.381. The molecule has 0 fully saturated rings. The highest BCUT2D eigenvalue weighted by atomic mass is 32.2. The first-order valence-electron chi connectivity index (χ1n) is 9.77.